The van der Waals surface area contributed by atoms with Crippen LogP contribution in [0.15, 0.2) is 47.5 Å². The maximum atomic E-state index is 5.52. The summed E-state index contributed by atoms with van der Waals surface area (Å²) in [7, 11) is 0. The smallest absolute Gasteiger partial charge is 0.231 e. The summed E-state index contributed by atoms with van der Waals surface area (Å²) in [6.07, 6.45) is 0.536. The average Bonchev–Trinajstić information content (AvgIpc) is 3.02. The number of benzene rings is 2. The molecule has 120 valence electrons. The van der Waals surface area contributed by atoms with Crippen molar-refractivity contribution in [2.24, 2.45) is 16.5 Å². The fraction of sp³-hybridized carbons (Fsp3) is 0.118. The minimum absolute atomic E-state index is 0.0344. The molecular formula is C17H15N5O2. The zero-order valence-corrected chi connectivity index (χ0v) is 12.8. The molecular weight excluding hydrogens is 306 g/mol. The molecule has 7 heteroatoms. The van der Waals surface area contributed by atoms with Crippen molar-refractivity contribution in [2.75, 3.05) is 6.79 Å². The van der Waals surface area contributed by atoms with Crippen molar-refractivity contribution in [3.63, 3.8) is 0 Å². The molecule has 2 heterocycles. The van der Waals surface area contributed by atoms with Crippen LogP contribution in [0.1, 0.15) is 11.4 Å². The van der Waals surface area contributed by atoms with Crippen LogP contribution in [-0.2, 0) is 6.42 Å². The van der Waals surface area contributed by atoms with Gasteiger partial charge in [-0.2, -0.15) is 4.99 Å². The van der Waals surface area contributed by atoms with Crippen molar-refractivity contribution in [2.45, 2.75) is 6.42 Å². The van der Waals surface area contributed by atoms with Gasteiger partial charge in [0.25, 0.3) is 0 Å². The molecule has 0 bridgehead atoms. The molecule has 0 unspecified atom stereocenters. The Balaban J connectivity index is 1.75. The predicted molar refractivity (Wildman–Crippen MR) is 90.4 cm³/mol. The van der Waals surface area contributed by atoms with E-state index >= 15 is 0 Å². The fourth-order valence-corrected chi connectivity index (χ4v) is 2.63. The summed E-state index contributed by atoms with van der Waals surface area (Å²) in [6.45, 7) is 0.250. The SMILES string of the molecule is NC(N)=Nc1nc(Cc2ccc3c(c2)OCO3)nc2ccccc12. The van der Waals surface area contributed by atoms with Crippen LogP contribution in [0.2, 0.25) is 0 Å². The second-order valence-corrected chi connectivity index (χ2v) is 5.38. The molecule has 7 nitrogen and oxygen atoms in total. The molecule has 1 aliphatic heterocycles. The number of guanidine groups is 1. The van der Waals surface area contributed by atoms with Crippen molar-refractivity contribution < 1.29 is 9.47 Å². The van der Waals surface area contributed by atoms with E-state index in [9.17, 15) is 0 Å². The Labute approximate surface area is 138 Å². The molecule has 1 aliphatic rings. The molecule has 0 spiro atoms. The molecule has 0 radical (unpaired) electrons. The van der Waals surface area contributed by atoms with Crippen molar-refractivity contribution in [3.05, 3.63) is 53.9 Å². The van der Waals surface area contributed by atoms with Crippen LogP contribution in [0.5, 0.6) is 11.5 Å². The van der Waals surface area contributed by atoms with Gasteiger partial charge >= 0.3 is 0 Å². The highest BCUT2D eigenvalue weighted by Crippen LogP contribution is 2.33. The number of ether oxygens (including phenoxy) is 2. The minimum Gasteiger partial charge on any atom is -0.454 e. The van der Waals surface area contributed by atoms with Gasteiger partial charge in [0.2, 0.25) is 6.79 Å². The van der Waals surface area contributed by atoms with Crippen LogP contribution in [0.4, 0.5) is 5.82 Å². The quantitative estimate of drug-likeness (QED) is 0.563. The highest BCUT2D eigenvalue weighted by molar-refractivity contribution is 5.91. The van der Waals surface area contributed by atoms with Crippen molar-refractivity contribution in [1.29, 1.82) is 0 Å². The van der Waals surface area contributed by atoms with Gasteiger partial charge in [0.15, 0.2) is 23.3 Å². The zero-order valence-electron chi connectivity index (χ0n) is 12.8. The third-order valence-electron chi connectivity index (χ3n) is 3.66. The van der Waals surface area contributed by atoms with E-state index in [1.807, 2.05) is 42.5 Å². The molecule has 3 aromatic rings. The van der Waals surface area contributed by atoms with Gasteiger partial charge in [-0.25, -0.2) is 9.97 Å². The minimum atomic E-state index is -0.0344. The number of fused-ring (bicyclic) bond motifs is 2. The highest BCUT2D eigenvalue weighted by Gasteiger charge is 2.14. The Morgan fingerprint density at radius 2 is 1.88 bits per heavy atom. The first-order valence-electron chi connectivity index (χ1n) is 7.43. The van der Waals surface area contributed by atoms with Crippen LogP contribution in [0, 0.1) is 0 Å². The van der Waals surface area contributed by atoms with Crippen LogP contribution < -0.4 is 20.9 Å². The predicted octanol–water partition coefficient (Wildman–Crippen LogP) is 1.85. The second kappa shape index (κ2) is 5.69. The van der Waals surface area contributed by atoms with Gasteiger partial charge in [-0.3, -0.25) is 0 Å². The molecule has 0 saturated heterocycles. The maximum absolute atomic E-state index is 5.52. The van der Waals surface area contributed by atoms with E-state index in [0.717, 1.165) is 28.0 Å². The first-order chi connectivity index (χ1) is 11.7. The number of aliphatic imine (C=N–C) groups is 1. The molecule has 0 aliphatic carbocycles. The Hall–Kier alpha value is -3.35. The van der Waals surface area contributed by atoms with Gasteiger partial charge in [0.05, 0.1) is 5.52 Å². The van der Waals surface area contributed by atoms with Gasteiger partial charge in [0.1, 0.15) is 5.82 Å². The summed E-state index contributed by atoms with van der Waals surface area (Å²) in [6, 6.07) is 13.4. The summed E-state index contributed by atoms with van der Waals surface area (Å²) >= 11 is 0. The number of rotatable bonds is 3. The largest absolute Gasteiger partial charge is 0.454 e. The number of hydrogen-bond acceptors (Lipinski definition) is 5. The Morgan fingerprint density at radius 1 is 1.04 bits per heavy atom. The molecule has 24 heavy (non-hydrogen) atoms. The molecule has 2 aromatic carbocycles. The van der Waals surface area contributed by atoms with Gasteiger partial charge in [-0.1, -0.05) is 18.2 Å². The first-order valence-corrected chi connectivity index (χ1v) is 7.43. The maximum Gasteiger partial charge on any atom is 0.231 e. The second-order valence-electron chi connectivity index (χ2n) is 5.38. The van der Waals surface area contributed by atoms with Gasteiger partial charge in [-0.05, 0) is 29.8 Å². The number of nitrogens with two attached hydrogens (primary N) is 2. The van der Waals surface area contributed by atoms with Gasteiger partial charge in [0, 0.05) is 11.8 Å². The Kier molecular flexibility index (Phi) is 3.38. The summed E-state index contributed by atoms with van der Waals surface area (Å²) in [5, 5.41) is 0.806. The van der Waals surface area contributed by atoms with Crippen molar-refractivity contribution >= 4 is 22.7 Å². The van der Waals surface area contributed by atoms with E-state index < -0.39 is 0 Å². The van der Waals surface area contributed by atoms with Crippen molar-refractivity contribution in [3.8, 4) is 11.5 Å². The van der Waals surface area contributed by atoms with E-state index in [2.05, 4.69) is 15.0 Å². The molecule has 0 atom stereocenters. The highest BCUT2D eigenvalue weighted by atomic mass is 16.7. The summed E-state index contributed by atoms with van der Waals surface area (Å²) in [5.74, 6) is 2.55. The third kappa shape index (κ3) is 2.67. The summed E-state index contributed by atoms with van der Waals surface area (Å²) in [5.41, 5.74) is 12.8. The van der Waals surface area contributed by atoms with E-state index in [1.165, 1.54) is 0 Å². The van der Waals surface area contributed by atoms with Crippen LogP contribution in [0.25, 0.3) is 10.9 Å². The zero-order chi connectivity index (χ0) is 16.5. The van der Waals surface area contributed by atoms with Crippen LogP contribution >= 0.6 is 0 Å². The number of para-hydroxylation sites is 1. The van der Waals surface area contributed by atoms with E-state index in [-0.39, 0.29) is 12.8 Å². The fourth-order valence-electron chi connectivity index (χ4n) is 2.63. The van der Waals surface area contributed by atoms with E-state index in [1.54, 1.807) is 0 Å². The lowest BCUT2D eigenvalue weighted by Crippen LogP contribution is -2.22. The van der Waals surface area contributed by atoms with Crippen LogP contribution in [0.3, 0.4) is 0 Å². The molecule has 4 N–H and O–H groups in total. The van der Waals surface area contributed by atoms with Crippen LogP contribution in [-0.4, -0.2) is 22.7 Å². The Bertz CT molecular complexity index is 951. The Morgan fingerprint density at radius 3 is 2.75 bits per heavy atom. The normalized spacial score (nSPS) is 12.3. The summed E-state index contributed by atoms with van der Waals surface area (Å²) < 4.78 is 10.7. The lowest BCUT2D eigenvalue weighted by Gasteiger charge is -2.07. The van der Waals surface area contributed by atoms with E-state index in [4.69, 9.17) is 20.9 Å². The monoisotopic (exact) mass is 321 g/mol. The number of nitrogens with zero attached hydrogens (tertiary/aromatic N) is 3. The van der Waals surface area contributed by atoms with Gasteiger partial charge in [-0.15, -0.1) is 0 Å². The lowest BCUT2D eigenvalue weighted by molar-refractivity contribution is 0.174. The molecule has 0 saturated carbocycles. The molecule has 4 rings (SSSR count). The standard InChI is InChI=1S/C17H15N5O2/c18-17(19)22-16-11-3-1-2-4-12(11)20-15(21-16)8-10-5-6-13-14(7-10)24-9-23-13/h1-7H,8-9H2,(H4,18,19,20,21,22). The summed E-state index contributed by atoms with van der Waals surface area (Å²) in [4.78, 5) is 13.2. The lowest BCUT2D eigenvalue weighted by atomic mass is 10.1. The molecule has 0 fully saturated rings. The topological polar surface area (TPSA) is 109 Å². The average molecular weight is 321 g/mol. The van der Waals surface area contributed by atoms with Crippen molar-refractivity contribution in [1.82, 2.24) is 9.97 Å². The molecule has 1 aromatic heterocycles. The third-order valence-corrected chi connectivity index (χ3v) is 3.66. The molecule has 0 amide bonds. The first kappa shape index (κ1) is 14.3. The number of hydrogen-bond donors (Lipinski definition) is 2. The van der Waals surface area contributed by atoms with Gasteiger partial charge < -0.3 is 20.9 Å². The number of aromatic nitrogens is 2. The van der Waals surface area contributed by atoms with E-state index in [0.29, 0.717) is 18.1 Å².